The zero-order chi connectivity index (χ0) is 17.4. The van der Waals surface area contributed by atoms with Crippen LogP contribution in [0.1, 0.15) is 40.7 Å². The first-order valence-electron chi connectivity index (χ1n) is 8.18. The van der Waals surface area contributed by atoms with Gasteiger partial charge in [0, 0.05) is 19.0 Å². The largest absolute Gasteiger partial charge is 0.382 e. The maximum Gasteiger partial charge on any atom is 0.272 e. The van der Waals surface area contributed by atoms with Crippen LogP contribution in [0.4, 0.5) is 5.82 Å². The second kappa shape index (κ2) is 6.04. The molecule has 1 aliphatic rings. The van der Waals surface area contributed by atoms with Crippen LogP contribution in [-0.2, 0) is 13.0 Å². The molecule has 0 fully saturated rings. The van der Waals surface area contributed by atoms with E-state index in [0.29, 0.717) is 24.6 Å². The Labute approximate surface area is 144 Å². The van der Waals surface area contributed by atoms with Crippen LogP contribution in [-0.4, -0.2) is 42.3 Å². The topological polar surface area (TPSA) is 106 Å². The third-order valence-corrected chi connectivity index (χ3v) is 4.42. The Bertz CT molecular complexity index is 899. The van der Waals surface area contributed by atoms with Crippen molar-refractivity contribution in [3.63, 3.8) is 0 Å². The molecule has 25 heavy (non-hydrogen) atoms. The molecule has 1 amide bonds. The molecular formula is C17H19N7O. The van der Waals surface area contributed by atoms with E-state index in [1.165, 1.54) is 5.56 Å². The summed E-state index contributed by atoms with van der Waals surface area (Å²) in [6, 6.07) is 11.8. The number of nitrogens with one attached hydrogen (secondary N) is 1. The summed E-state index contributed by atoms with van der Waals surface area (Å²) >= 11 is 0. The van der Waals surface area contributed by atoms with Gasteiger partial charge in [-0.1, -0.05) is 30.3 Å². The van der Waals surface area contributed by atoms with Crippen molar-refractivity contribution < 1.29 is 4.79 Å². The van der Waals surface area contributed by atoms with Gasteiger partial charge in [-0.05, 0) is 12.5 Å². The van der Waals surface area contributed by atoms with Gasteiger partial charge in [-0.25, -0.2) is 0 Å². The fourth-order valence-electron chi connectivity index (χ4n) is 3.28. The van der Waals surface area contributed by atoms with Crippen LogP contribution in [0.25, 0.3) is 0 Å². The van der Waals surface area contributed by atoms with Crippen molar-refractivity contribution in [2.24, 2.45) is 0 Å². The lowest BCUT2D eigenvalue weighted by atomic mass is 10.1. The molecule has 2 aromatic heterocycles. The molecule has 0 bridgehead atoms. The van der Waals surface area contributed by atoms with Crippen molar-refractivity contribution in [2.45, 2.75) is 25.9 Å². The average Bonchev–Trinajstić information content (AvgIpc) is 3.22. The normalized spacial score (nSPS) is 16.7. The van der Waals surface area contributed by atoms with E-state index in [-0.39, 0.29) is 11.9 Å². The van der Waals surface area contributed by atoms with Gasteiger partial charge in [0.1, 0.15) is 17.3 Å². The number of amides is 1. The van der Waals surface area contributed by atoms with Gasteiger partial charge in [-0.2, -0.15) is 5.10 Å². The van der Waals surface area contributed by atoms with Crippen LogP contribution < -0.4 is 5.73 Å². The van der Waals surface area contributed by atoms with Gasteiger partial charge in [0.05, 0.1) is 12.6 Å². The molecule has 0 saturated carbocycles. The fraction of sp³-hybridized carbons (Fsp3) is 0.294. The zero-order valence-electron chi connectivity index (χ0n) is 13.9. The summed E-state index contributed by atoms with van der Waals surface area (Å²) in [5.41, 5.74) is 7.17. The highest BCUT2D eigenvalue weighted by molar-refractivity contribution is 5.93. The van der Waals surface area contributed by atoms with Crippen LogP contribution in [0.2, 0.25) is 0 Å². The lowest BCUT2D eigenvalue weighted by Gasteiger charge is -2.32. The lowest BCUT2D eigenvalue weighted by Crippen LogP contribution is -2.41. The second-order valence-electron chi connectivity index (χ2n) is 6.31. The standard InChI is InChI=1S/C17H19N7O/c1-11-9-23(17(25)13-8-14(18)20-19-13)10-16-22-21-15(24(11)16)7-12-5-3-2-4-6-12/h2-6,8,11H,7,9-10H2,1H3,(H3,18,19,20)/t11-/m0/s1. The third kappa shape index (κ3) is 2.86. The molecule has 0 spiro atoms. The molecule has 3 N–H and O–H groups in total. The van der Waals surface area contributed by atoms with Gasteiger partial charge in [0.15, 0.2) is 5.82 Å². The molecule has 4 rings (SSSR count). The molecule has 128 valence electrons. The number of fused-ring (bicyclic) bond motifs is 1. The number of aromatic nitrogens is 5. The molecule has 1 aliphatic heterocycles. The van der Waals surface area contributed by atoms with Crippen LogP contribution >= 0.6 is 0 Å². The van der Waals surface area contributed by atoms with Crippen molar-refractivity contribution >= 4 is 11.7 Å². The Morgan fingerprint density at radius 2 is 2.12 bits per heavy atom. The quantitative estimate of drug-likeness (QED) is 0.751. The molecule has 1 atom stereocenters. The molecule has 3 heterocycles. The van der Waals surface area contributed by atoms with Crippen molar-refractivity contribution in [2.75, 3.05) is 12.3 Å². The van der Waals surface area contributed by atoms with E-state index in [1.807, 2.05) is 18.2 Å². The SMILES string of the molecule is C[C@H]1CN(C(=O)c2cc(N)n[nH]2)Cc2nnc(Cc3ccccc3)n21. The summed E-state index contributed by atoms with van der Waals surface area (Å²) in [4.78, 5) is 14.4. The van der Waals surface area contributed by atoms with Crippen LogP contribution in [0, 0.1) is 0 Å². The Hall–Kier alpha value is -3.16. The highest BCUT2D eigenvalue weighted by atomic mass is 16.2. The van der Waals surface area contributed by atoms with Gasteiger partial charge in [0.2, 0.25) is 0 Å². The molecular weight excluding hydrogens is 318 g/mol. The Morgan fingerprint density at radius 3 is 2.84 bits per heavy atom. The smallest absolute Gasteiger partial charge is 0.272 e. The van der Waals surface area contributed by atoms with E-state index in [2.05, 4.69) is 44.0 Å². The maximum atomic E-state index is 12.6. The van der Waals surface area contributed by atoms with E-state index < -0.39 is 0 Å². The zero-order valence-corrected chi connectivity index (χ0v) is 13.9. The number of rotatable bonds is 3. The molecule has 8 heteroatoms. The molecule has 0 unspecified atom stereocenters. The van der Waals surface area contributed by atoms with Crippen molar-refractivity contribution in [3.05, 3.63) is 59.3 Å². The minimum atomic E-state index is -0.130. The monoisotopic (exact) mass is 337 g/mol. The predicted octanol–water partition coefficient (Wildman–Crippen LogP) is 1.39. The number of carbonyl (C=O) groups is 1. The third-order valence-electron chi connectivity index (χ3n) is 4.42. The predicted molar refractivity (Wildman–Crippen MR) is 91.7 cm³/mol. The van der Waals surface area contributed by atoms with Crippen LogP contribution in [0.3, 0.4) is 0 Å². The van der Waals surface area contributed by atoms with E-state index in [0.717, 1.165) is 18.1 Å². The van der Waals surface area contributed by atoms with E-state index in [1.54, 1.807) is 11.0 Å². The number of hydrogen-bond acceptors (Lipinski definition) is 5. The number of aromatic amines is 1. The highest BCUT2D eigenvalue weighted by Crippen LogP contribution is 2.24. The summed E-state index contributed by atoms with van der Waals surface area (Å²) in [6.07, 6.45) is 0.725. The molecule has 0 radical (unpaired) electrons. The number of nitrogens with two attached hydrogens (primary N) is 1. The number of nitrogen functional groups attached to an aromatic ring is 1. The minimum absolute atomic E-state index is 0.0988. The minimum Gasteiger partial charge on any atom is -0.382 e. The maximum absolute atomic E-state index is 12.6. The number of H-pyrrole nitrogens is 1. The number of anilines is 1. The highest BCUT2D eigenvalue weighted by Gasteiger charge is 2.30. The van der Waals surface area contributed by atoms with Gasteiger partial charge in [0.25, 0.3) is 5.91 Å². The van der Waals surface area contributed by atoms with Gasteiger partial charge < -0.3 is 15.2 Å². The summed E-state index contributed by atoms with van der Waals surface area (Å²) in [5.74, 6) is 1.90. The van der Waals surface area contributed by atoms with Crippen molar-refractivity contribution in [1.29, 1.82) is 0 Å². The van der Waals surface area contributed by atoms with E-state index >= 15 is 0 Å². The van der Waals surface area contributed by atoms with Gasteiger partial charge >= 0.3 is 0 Å². The number of benzene rings is 1. The first kappa shape index (κ1) is 15.4. The number of hydrogen-bond donors (Lipinski definition) is 2. The second-order valence-corrected chi connectivity index (χ2v) is 6.31. The summed E-state index contributed by atoms with van der Waals surface area (Å²) < 4.78 is 2.14. The molecule has 0 saturated heterocycles. The lowest BCUT2D eigenvalue weighted by molar-refractivity contribution is 0.0673. The summed E-state index contributed by atoms with van der Waals surface area (Å²) in [6.45, 7) is 3.08. The number of nitrogens with zero attached hydrogens (tertiary/aromatic N) is 5. The van der Waals surface area contributed by atoms with Crippen molar-refractivity contribution in [3.8, 4) is 0 Å². The Balaban J connectivity index is 1.57. The van der Waals surface area contributed by atoms with Crippen LogP contribution in [0.15, 0.2) is 36.4 Å². The van der Waals surface area contributed by atoms with E-state index in [9.17, 15) is 4.79 Å². The molecule has 1 aromatic carbocycles. The van der Waals surface area contributed by atoms with Gasteiger partial charge in [-0.15, -0.1) is 10.2 Å². The first-order chi connectivity index (χ1) is 12.1. The fourth-order valence-corrected chi connectivity index (χ4v) is 3.28. The Morgan fingerprint density at radius 1 is 1.32 bits per heavy atom. The number of carbonyl (C=O) groups excluding carboxylic acids is 1. The van der Waals surface area contributed by atoms with Crippen LogP contribution in [0.5, 0.6) is 0 Å². The van der Waals surface area contributed by atoms with E-state index in [4.69, 9.17) is 5.73 Å². The molecule has 3 aromatic rings. The summed E-state index contributed by atoms with van der Waals surface area (Å²) in [7, 11) is 0. The van der Waals surface area contributed by atoms with Crippen molar-refractivity contribution in [1.82, 2.24) is 29.9 Å². The summed E-state index contributed by atoms with van der Waals surface area (Å²) in [5, 5.41) is 15.1. The molecule has 8 nitrogen and oxygen atoms in total. The van der Waals surface area contributed by atoms with Gasteiger partial charge in [-0.3, -0.25) is 9.89 Å². The first-order valence-corrected chi connectivity index (χ1v) is 8.18. The molecule has 0 aliphatic carbocycles. The Kier molecular flexibility index (Phi) is 3.72. The average molecular weight is 337 g/mol.